The number of carbonyl (C=O) groups is 2. The molecule has 3 rings (SSSR count). The van der Waals surface area contributed by atoms with Crippen molar-refractivity contribution in [3.63, 3.8) is 0 Å². The summed E-state index contributed by atoms with van der Waals surface area (Å²) in [5.41, 5.74) is 3.30. The van der Waals surface area contributed by atoms with Crippen molar-refractivity contribution < 1.29 is 14.3 Å². The van der Waals surface area contributed by atoms with Gasteiger partial charge in [-0.1, -0.05) is 49.0 Å². The lowest BCUT2D eigenvalue weighted by Gasteiger charge is -2.33. The van der Waals surface area contributed by atoms with Gasteiger partial charge in [0, 0.05) is 31.9 Å². The molecule has 6 heteroatoms. The van der Waals surface area contributed by atoms with E-state index in [0.717, 1.165) is 16.8 Å². The minimum atomic E-state index is -0.696. The maximum atomic E-state index is 12.8. The van der Waals surface area contributed by atoms with Gasteiger partial charge in [0.05, 0.1) is 12.6 Å². The van der Waals surface area contributed by atoms with E-state index in [1.807, 2.05) is 73.6 Å². The Morgan fingerprint density at radius 2 is 1.79 bits per heavy atom. The number of hydrogen-bond donors (Lipinski definition) is 2. The molecule has 1 heterocycles. The number of ether oxygens (including phenoxy) is 1. The first-order chi connectivity index (χ1) is 13.5. The summed E-state index contributed by atoms with van der Waals surface area (Å²) < 4.78 is 5.51. The molecule has 2 atom stereocenters. The highest BCUT2D eigenvalue weighted by atomic mass is 16.5. The Kier molecular flexibility index (Phi) is 5.99. The van der Waals surface area contributed by atoms with Gasteiger partial charge in [-0.15, -0.1) is 0 Å². The van der Waals surface area contributed by atoms with Gasteiger partial charge in [0.25, 0.3) is 0 Å². The number of urea groups is 1. The van der Waals surface area contributed by atoms with E-state index < -0.39 is 17.9 Å². The molecule has 2 amide bonds. The van der Waals surface area contributed by atoms with E-state index in [4.69, 9.17) is 4.74 Å². The Morgan fingerprint density at radius 1 is 1.11 bits per heavy atom. The highest BCUT2D eigenvalue weighted by molar-refractivity contribution is 5.85. The zero-order chi connectivity index (χ0) is 20.1. The van der Waals surface area contributed by atoms with E-state index in [1.54, 1.807) is 0 Å². The number of nitrogens with one attached hydrogen (secondary N) is 2. The van der Waals surface area contributed by atoms with Crippen molar-refractivity contribution in [3.05, 3.63) is 78.0 Å². The predicted octanol–water partition coefficient (Wildman–Crippen LogP) is 3.02. The van der Waals surface area contributed by atoms with Gasteiger partial charge in [0.2, 0.25) is 0 Å². The fraction of sp³-hybridized carbons (Fsp3) is 0.273. The van der Waals surface area contributed by atoms with Crippen LogP contribution in [0, 0.1) is 5.92 Å². The molecule has 0 bridgehead atoms. The molecular formula is C22H25N3O3. The molecule has 2 unspecified atom stereocenters. The molecule has 28 heavy (non-hydrogen) atoms. The van der Waals surface area contributed by atoms with Crippen molar-refractivity contribution in [2.24, 2.45) is 5.92 Å². The van der Waals surface area contributed by atoms with Crippen LogP contribution in [-0.2, 0) is 16.0 Å². The molecule has 146 valence electrons. The van der Waals surface area contributed by atoms with E-state index in [1.165, 1.54) is 0 Å². The topological polar surface area (TPSA) is 70.7 Å². The number of hydrogen-bond acceptors (Lipinski definition) is 4. The molecule has 2 aromatic rings. The van der Waals surface area contributed by atoms with Crippen LogP contribution in [0.25, 0.3) is 0 Å². The summed E-state index contributed by atoms with van der Waals surface area (Å²) in [5.74, 6) is -1.10. The van der Waals surface area contributed by atoms with Crippen LogP contribution in [-0.4, -0.2) is 32.7 Å². The second-order valence-corrected chi connectivity index (χ2v) is 6.97. The number of esters is 1. The van der Waals surface area contributed by atoms with Crippen LogP contribution in [0.2, 0.25) is 0 Å². The maximum absolute atomic E-state index is 12.8. The van der Waals surface area contributed by atoms with Crippen molar-refractivity contribution in [1.82, 2.24) is 10.6 Å². The average Bonchev–Trinajstić information content (AvgIpc) is 2.68. The molecule has 0 spiro atoms. The van der Waals surface area contributed by atoms with Gasteiger partial charge in [0.15, 0.2) is 0 Å². The van der Waals surface area contributed by atoms with E-state index in [2.05, 4.69) is 17.2 Å². The molecule has 1 aliphatic rings. The molecule has 1 saturated heterocycles. The normalized spacial score (nSPS) is 18.8. The zero-order valence-corrected chi connectivity index (χ0v) is 16.1. The Bertz CT molecular complexity index is 847. The summed E-state index contributed by atoms with van der Waals surface area (Å²) in [5, 5.41) is 5.42. The molecule has 0 radical (unpaired) electrons. The number of rotatable bonds is 6. The first-order valence-electron chi connectivity index (χ1n) is 9.20. The summed E-state index contributed by atoms with van der Waals surface area (Å²) in [6.45, 7) is 4.14. The minimum absolute atomic E-state index is 0.271. The van der Waals surface area contributed by atoms with E-state index in [-0.39, 0.29) is 12.6 Å². The smallest absolute Gasteiger partial charge is 0.319 e. The van der Waals surface area contributed by atoms with Gasteiger partial charge in [0.1, 0.15) is 5.92 Å². The lowest BCUT2D eigenvalue weighted by molar-refractivity contribution is -0.148. The lowest BCUT2D eigenvalue weighted by Crippen LogP contribution is -2.51. The Labute approximate surface area is 165 Å². The highest BCUT2D eigenvalue weighted by Crippen LogP contribution is 2.31. The second kappa shape index (κ2) is 8.61. The highest BCUT2D eigenvalue weighted by Gasteiger charge is 2.38. The van der Waals surface area contributed by atoms with Gasteiger partial charge in [-0.05, 0) is 23.3 Å². The summed E-state index contributed by atoms with van der Waals surface area (Å²) >= 11 is 0. The van der Waals surface area contributed by atoms with E-state index >= 15 is 0 Å². The van der Waals surface area contributed by atoms with Gasteiger partial charge >= 0.3 is 12.0 Å². The zero-order valence-electron chi connectivity index (χ0n) is 16.1. The van der Waals surface area contributed by atoms with Crippen LogP contribution >= 0.6 is 0 Å². The van der Waals surface area contributed by atoms with Crippen LogP contribution in [0.3, 0.4) is 0 Å². The standard InChI is InChI=1S/C22H25N3O3/c1-15-19(21(26)28-14-13-16-7-5-4-6-8-16)20(24-22(27)23-15)17-9-11-18(12-10-17)25(2)3/h4-12,19-20H,1,13-14H2,2-3H3,(H2,23,24,27). The third-order valence-electron chi connectivity index (χ3n) is 4.77. The fourth-order valence-electron chi connectivity index (χ4n) is 3.22. The summed E-state index contributed by atoms with van der Waals surface area (Å²) in [6.07, 6.45) is 0.633. The van der Waals surface area contributed by atoms with E-state index in [9.17, 15) is 9.59 Å². The summed E-state index contributed by atoms with van der Waals surface area (Å²) in [6, 6.07) is 16.6. The average molecular weight is 379 g/mol. The molecule has 2 aromatic carbocycles. The molecule has 6 nitrogen and oxygen atoms in total. The van der Waals surface area contributed by atoms with Crippen LogP contribution in [0.4, 0.5) is 10.5 Å². The third-order valence-corrected chi connectivity index (χ3v) is 4.77. The van der Waals surface area contributed by atoms with Gasteiger partial charge in [-0.25, -0.2) is 4.79 Å². The van der Waals surface area contributed by atoms with Gasteiger partial charge in [-0.2, -0.15) is 0 Å². The minimum Gasteiger partial charge on any atom is -0.465 e. The number of amides is 2. The largest absolute Gasteiger partial charge is 0.465 e. The number of benzene rings is 2. The number of nitrogens with zero attached hydrogens (tertiary/aromatic N) is 1. The summed E-state index contributed by atoms with van der Waals surface area (Å²) in [4.78, 5) is 26.7. The van der Waals surface area contributed by atoms with E-state index in [0.29, 0.717) is 12.1 Å². The SMILES string of the molecule is C=C1NC(=O)NC(c2ccc(N(C)C)cc2)C1C(=O)OCCc1ccccc1. The molecule has 1 fully saturated rings. The first-order valence-corrected chi connectivity index (χ1v) is 9.20. The van der Waals surface area contributed by atoms with Crippen LogP contribution in [0.15, 0.2) is 66.9 Å². The number of anilines is 1. The van der Waals surface area contributed by atoms with Crippen molar-refractivity contribution in [3.8, 4) is 0 Å². The predicted molar refractivity (Wildman–Crippen MR) is 109 cm³/mol. The Morgan fingerprint density at radius 3 is 2.43 bits per heavy atom. The van der Waals surface area contributed by atoms with Crippen LogP contribution in [0.1, 0.15) is 17.2 Å². The quantitative estimate of drug-likeness (QED) is 0.757. The monoisotopic (exact) mass is 379 g/mol. The molecule has 0 saturated carbocycles. The molecule has 0 aromatic heterocycles. The Hall–Kier alpha value is -3.28. The second-order valence-electron chi connectivity index (χ2n) is 6.97. The molecular weight excluding hydrogens is 354 g/mol. The van der Waals surface area contributed by atoms with Gasteiger partial charge < -0.3 is 20.3 Å². The van der Waals surface area contributed by atoms with Crippen molar-refractivity contribution in [1.29, 1.82) is 0 Å². The maximum Gasteiger partial charge on any atom is 0.319 e. The van der Waals surface area contributed by atoms with Gasteiger partial charge in [-0.3, -0.25) is 4.79 Å². The van der Waals surface area contributed by atoms with Crippen molar-refractivity contribution in [2.75, 3.05) is 25.6 Å². The number of carbonyl (C=O) groups excluding carboxylic acids is 2. The first kappa shape index (κ1) is 19.5. The fourth-order valence-corrected chi connectivity index (χ4v) is 3.22. The van der Waals surface area contributed by atoms with Crippen LogP contribution < -0.4 is 15.5 Å². The molecule has 2 N–H and O–H groups in total. The Balaban J connectivity index is 1.72. The molecule has 1 aliphatic heterocycles. The summed E-state index contributed by atoms with van der Waals surface area (Å²) in [7, 11) is 3.91. The lowest BCUT2D eigenvalue weighted by atomic mass is 9.89. The van der Waals surface area contributed by atoms with Crippen LogP contribution in [0.5, 0.6) is 0 Å². The molecule has 0 aliphatic carbocycles. The third kappa shape index (κ3) is 4.52. The van der Waals surface area contributed by atoms with Crippen molar-refractivity contribution >= 4 is 17.7 Å². The van der Waals surface area contributed by atoms with Crippen molar-refractivity contribution in [2.45, 2.75) is 12.5 Å².